The molecule has 0 unspecified atom stereocenters. The summed E-state index contributed by atoms with van der Waals surface area (Å²) in [5.74, 6) is 0. The minimum Gasteiger partial charge on any atom is -0.445 e. The second-order valence-corrected chi connectivity index (χ2v) is 4.69. The van der Waals surface area contributed by atoms with Crippen molar-refractivity contribution in [2.24, 2.45) is 7.05 Å². The van der Waals surface area contributed by atoms with E-state index in [0.717, 1.165) is 22.5 Å². The van der Waals surface area contributed by atoms with Crippen molar-refractivity contribution in [3.8, 4) is 0 Å². The van der Waals surface area contributed by atoms with E-state index in [1.165, 1.54) is 0 Å². The van der Waals surface area contributed by atoms with Crippen molar-refractivity contribution in [1.29, 1.82) is 0 Å². The van der Waals surface area contributed by atoms with Gasteiger partial charge in [0.05, 0.1) is 5.69 Å². The van der Waals surface area contributed by atoms with E-state index in [1.807, 2.05) is 55.9 Å². The van der Waals surface area contributed by atoms with Gasteiger partial charge in [0.15, 0.2) is 0 Å². The minimum absolute atomic E-state index is 0.275. The lowest BCUT2D eigenvalue weighted by atomic mass is 10.2. The number of hydrogen-bond acceptors (Lipinski definition) is 3. The lowest BCUT2D eigenvalue weighted by Crippen LogP contribution is -2.24. The SMILES string of the molecule is Cc1nn(C)c(C)c1CNC(=O)OCc1ccccc1. The number of ether oxygens (including phenoxy) is 1. The number of hydrogen-bond donors (Lipinski definition) is 1. The van der Waals surface area contributed by atoms with E-state index in [0.29, 0.717) is 6.54 Å². The molecule has 2 rings (SSSR count). The fourth-order valence-corrected chi connectivity index (χ4v) is 2.01. The van der Waals surface area contributed by atoms with Gasteiger partial charge in [-0.3, -0.25) is 4.68 Å². The first-order valence-corrected chi connectivity index (χ1v) is 6.51. The van der Waals surface area contributed by atoms with Crippen LogP contribution in [0.1, 0.15) is 22.5 Å². The minimum atomic E-state index is -0.420. The molecule has 0 saturated carbocycles. The maximum Gasteiger partial charge on any atom is 0.407 e. The van der Waals surface area contributed by atoms with Crippen molar-refractivity contribution in [3.05, 3.63) is 52.8 Å². The van der Waals surface area contributed by atoms with Crippen LogP contribution in [0.15, 0.2) is 30.3 Å². The molecule has 0 aliphatic rings. The van der Waals surface area contributed by atoms with Crippen LogP contribution in [0.5, 0.6) is 0 Å². The van der Waals surface area contributed by atoms with Gasteiger partial charge in [-0.15, -0.1) is 0 Å². The van der Waals surface area contributed by atoms with Gasteiger partial charge in [-0.05, 0) is 19.4 Å². The van der Waals surface area contributed by atoms with Crippen LogP contribution in [-0.2, 0) is 24.9 Å². The van der Waals surface area contributed by atoms with E-state index in [1.54, 1.807) is 0 Å². The highest BCUT2D eigenvalue weighted by molar-refractivity contribution is 5.67. The Morgan fingerprint density at radius 3 is 2.60 bits per heavy atom. The van der Waals surface area contributed by atoms with Crippen molar-refractivity contribution in [1.82, 2.24) is 15.1 Å². The normalized spacial score (nSPS) is 10.3. The number of nitrogens with one attached hydrogen (secondary N) is 1. The van der Waals surface area contributed by atoms with Crippen LogP contribution in [0.4, 0.5) is 4.79 Å². The number of benzene rings is 1. The Kier molecular flexibility index (Phi) is 4.40. The van der Waals surface area contributed by atoms with E-state index in [4.69, 9.17) is 4.74 Å². The van der Waals surface area contributed by atoms with Gasteiger partial charge in [0.25, 0.3) is 0 Å². The zero-order valence-corrected chi connectivity index (χ0v) is 12.0. The molecule has 1 aromatic heterocycles. The Morgan fingerprint density at radius 2 is 2.00 bits per heavy atom. The summed E-state index contributed by atoms with van der Waals surface area (Å²) in [5.41, 5.74) is 3.97. The number of carbonyl (C=O) groups is 1. The molecule has 5 nitrogen and oxygen atoms in total. The molecule has 20 heavy (non-hydrogen) atoms. The van der Waals surface area contributed by atoms with Crippen molar-refractivity contribution < 1.29 is 9.53 Å². The molecule has 0 aliphatic carbocycles. The highest BCUT2D eigenvalue weighted by atomic mass is 16.5. The number of carbonyl (C=O) groups excluding carboxylic acids is 1. The van der Waals surface area contributed by atoms with Gasteiger partial charge in [0, 0.05) is 24.8 Å². The van der Waals surface area contributed by atoms with Crippen LogP contribution in [0.2, 0.25) is 0 Å². The molecule has 2 aromatic rings. The van der Waals surface area contributed by atoms with Gasteiger partial charge in [0.2, 0.25) is 0 Å². The molecule has 0 fully saturated rings. The molecule has 1 N–H and O–H groups in total. The molecule has 1 aromatic carbocycles. The smallest absolute Gasteiger partial charge is 0.407 e. The van der Waals surface area contributed by atoms with Crippen LogP contribution in [0, 0.1) is 13.8 Å². The zero-order chi connectivity index (χ0) is 14.5. The average Bonchev–Trinajstić information content (AvgIpc) is 2.69. The van der Waals surface area contributed by atoms with Crippen LogP contribution >= 0.6 is 0 Å². The first kappa shape index (κ1) is 14.1. The Hall–Kier alpha value is -2.30. The highest BCUT2D eigenvalue weighted by Gasteiger charge is 2.10. The molecule has 1 heterocycles. The summed E-state index contributed by atoms with van der Waals surface area (Å²) in [5, 5.41) is 7.06. The Bertz CT molecular complexity index is 591. The second-order valence-electron chi connectivity index (χ2n) is 4.69. The van der Waals surface area contributed by atoms with E-state index >= 15 is 0 Å². The lowest BCUT2D eigenvalue weighted by Gasteiger charge is -2.07. The predicted octanol–water partition coefficient (Wildman–Crippen LogP) is 2.46. The Labute approximate surface area is 118 Å². The molecule has 0 atom stereocenters. The van der Waals surface area contributed by atoms with Crippen molar-refractivity contribution >= 4 is 6.09 Å². The third kappa shape index (κ3) is 3.38. The van der Waals surface area contributed by atoms with E-state index in [9.17, 15) is 4.79 Å². The number of amides is 1. The molecular weight excluding hydrogens is 254 g/mol. The molecule has 0 saturated heterocycles. The van der Waals surface area contributed by atoms with E-state index in [2.05, 4.69) is 10.4 Å². The van der Waals surface area contributed by atoms with E-state index < -0.39 is 6.09 Å². The van der Waals surface area contributed by atoms with Gasteiger partial charge in [-0.25, -0.2) is 4.79 Å². The average molecular weight is 273 g/mol. The first-order chi connectivity index (χ1) is 9.58. The molecule has 0 radical (unpaired) electrons. The van der Waals surface area contributed by atoms with Gasteiger partial charge in [-0.1, -0.05) is 30.3 Å². The topological polar surface area (TPSA) is 56.2 Å². The summed E-state index contributed by atoms with van der Waals surface area (Å²) in [6, 6.07) is 9.60. The number of aryl methyl sites for hydroxylation is 2. The quantitative estimate of drug-likeness (QED) is 0.931. The largest absolute Gasteiger partial charge is 0.445 e. The molecule has 0 bridgehead atoms. The standard InChI is InChI=1S/C15H19N3O2/c1-11-14(12(2)18(3)17-11)9-16-15(19)20-10-13-7-5-4-6-8-13/h4-8H,9-10H2,1-3H3,(H,16,19). The van der Waals surface area contributed by atoms with Crippen LogP contribution in [0.25, 0.3) is 0 Å². The number of aromatic nitrogens is 2. The van der Waals surface area contributed by atoms with Crippen molar-refractivity contribution in [2.45, 2.75) is 27.0 Å². The molecular formula is C15H19N3O2. The maximum absolute atomic E-state index is 11.7. The summed E-state index contributed by atoms with van der Waals surface area (Å²) in [6.45, 7) is 4.61. The third-order valence-corrected chi connectivity index (χ3v) is 3.28. The number of rotatable bonds is 4. The molecule has 1 amide bonds. The fraction of sp³-hybridized carbons (Fsp3) is 0.333. The van der Waals surface area contributed by atoms with Crippen molar-refractivity contribution in [3.63, 3.8) is 0 Å². The summed E-state index contributed by atoms with van der Waals surface area (Å²) in [7, 11) is 1.89. The Balaban J connectivity index is 1.83. The molecule has 5 heteroatoms. The molecule has 0 aliphatic heterocycles. The maximum atomic E-state index is 11.7. The number of nitrogens with zero attached hydrogens (tertiary/aromatic N) is 2. The van der Waals surface area contributed by atoms with Gasteiger partial charge in [0.1, 0.15) is 6.61 Å². The monoisotopic (exact) mass is 273 g/mol. The zero-order valence-electron chi connectivity index (χ0n) is 12.0. The number of alkyl carbamates (subject to hydrolysis) is 1. The molecule has 106 valence electrons. The summed E-state index contributed by atoms with van der Waals surface area (Å²) < 4.78 is 6.97. The van der Waals surface area contributed by atoms with Gasteiger partial charge >= 0.3 is 6.09 Å². The summed E-state index contributed by atoms with van der Waals surface area (Å²) >= 11 is 0. The summed E-state index contributed by atoms with van der Waals surface area (Å²) in [4.78, 5) is 11.7. The molecule has 0 spiro atoms. The van der Waals surface area contributed by atoms with E-state index in [-0.39, 0.29) is 6.61 Å². The summed E-state index contributed by atoms with van der Waals surface area (Å²) in [6.07, 6.45) is -0.420. The third-order valence-electron chi connectivity index (χ3n) is 3.28. The first-order valence-electron chi connectivity index (χ1n) is 6.51. The van der Waals surface area contributed by atoms with Gasteiger partial charge < -0.3 is 10.1 Å². The van der Waals surface area contributed by atoms with Crippen LogP contribution in [-0.4, -0.2) is 15.9 Å². The second kappa shape index (κ2) is 6.23. The van der Waals surface area contributed by atoms with Crippen LogP contribution < -0.4 is 5.32 Å². The van der Waals surface area contributed by atoms with Gasteiger partial charge in [-0.2, -0.15) is 5.10 Å². The lowest BCUT2D eigenvalue weighted by molar-refractivity contribution is 0.139. The van der Waals surface area contributed by atoms with Crippen LogP contribution in [0.3, 0.4) is 0 Å². The van der Waals surface area contributed by atoms with Crippen molar-refractivity contribution in [2.75, 3.05) is 0 Å². The highest BCUT2D eigenvalue weighted by Crippen LogP contribution is 2.11. The predicted molar refractivity (Wildman–Crippen MR) is 76.1 cm³/mol. The Morgan fingerprint density at radius 1 is 1.30 bits per heavy atom. The fourth-order valence-electron chi connectivity index (χ4n) is 2.01.